The lowest BCUT2D eigenvalue weighted by atomic mass is 10.0. The van der Waals surface area contributed by atoms with Gasteiger partial charge in [-0.2, -0.15) is 0 Å². The molecule has 3 N–H and O–H groups in total. The summed E-state index contributed by atoms with van der Waals surface area (Å²) in [6.45, 7) is 1.96. The van der Waals surface area contributed by atoms with Crippen molar-refractivity contribution >= 4 is 11.8 Å². The van der Waals surface area contributed by atoms with Gasteiger partial charge in [-0.05, 0) is 6.92 Å². The second-order valence-corrected chi connectivity index (χ2v) is 4.06. The van der Waals surface area contributed by atoms with Gasteiger partial charge in [-0.25, -0.2) is 0 Å². The van der Waals surface area contributed by atoms with Gasteiger partial charge in [0, 0.05) is 12.1 Å². The van der Waals surface area contributed by atoms with E-state index >= 15 is 0 Å². The van der Waals surface area contributed by atoms with Crippen molar-refractivity contribution in [3.63, 3.8) is 0 Å². The Labute approximate surface area is 105 Å². The van der Waals surface area contributed by atoms with Gasteiger partial charge in [-0.1, -0.05) is 29.8 Å². The van der Waals surface area contributed by atoms with Crippen molar-refractivity contribution in [1.29, 1.82) is 0 Å². The fourth-order valence-corrected chi connectivity index (χ4v) is 1.59. The van der Waals surface area contributed by atoms with Gasteiger partial charge in [0.1, 0.15) is 0 Å². The molecule has 98 valence electrons. The first-order valence-corrected chi connectivity index (χ1v) is 5.71. The van der Waals surface area contributed by atoms with Crippen LogP contribution < -0.4 is 5.32 Å². The predicted octanol–water partition coefficient (Wildman–Crippen LogP) is 0.603. The van der Waals surface area contributed by atoms with Gasteiger partial charge >= 0.3 is 5.97 Å². The summed E-state index contributed by atoms with van der Waals surface area (Å²) < 4.78 is 0. The molecule has 0 spiro atoms. The van der Waals surface area contributed by atoms with Crippen molar-refractivity contribution in [2.45, 2.75) is 19.4 Å². The molecule has 0 fully saturated rings. The normalized spacial score (nSPS) is 12.1. The van der Waals surface area contributed by atoms with Crippen LogP contribution in [-0.2, 0) is 4.79 Å². The number of aliphatic hydroxyl groups excluding tert-OH is 1. The lowest BCUT2D eigenvalue weighted by molar-refractivity contribution is -0.137. The van der Waals surface area contributed by atoms with Crippen LogP contribution in [-0.4, -0.2) is 41.2 Å². The molecule has 0 aliphatic heterocycles. The van der Waals surface area contributed by atoms with Gasteiger partial charge in [0.15, 0.2) is 5.78 Å². The largest absolute Gasteiger partial charge is 0.481 e. The second-order valence-electron chi connectivity index (χ2n) is 4.06. The summed E-state index contributed by atoms with van der Waals surface area (Å²) in [5.41, 5.74) is 1.50. The third kappa shape index (κ3) is 4.27. The van der Waals surface area contributed by atoms with E-state index in [-0.39, 0.29) is 25.4 Å². The number of carboxylic acids is 1. The highest BCUT2D eigenvalue weighted by Crippen LogP contribution is 2.08. The van der Waals surface area contributed by atoms with E-state index < -0.39 is 12.0 Å². The van der Waals surface area contributed by atoms with Gasteiger partial charge in [-0.3, -0.25) is 9.59 Å². The quantitative estimate of drug-likeness (QED) is 0.618. The van der Waals surface area contributed by atoms with Crippen LogP contribution >= 0.6 is 0 Å². The minimum atomic E-state index is -1.05. The highest BCUT2D eigenvalue weighted by molar-refractivity contribution is 6.01. The first-order valence-electron chi connectivity index (χ1n) is 5.71. The predicted molar refractivity (Wildman–Crippen MR) is 66.6 cm³/mol. The van der Waals surface area contributed by atoms with Crippen LogP contribution in [0.25, 0.3) is 0 Å². The van der Waals surface area contributed by atoms with E-state index in [1.807, 2.05) is 6.92 Å². The molecule has 0 aliphatic rings. The average Bonchev–Trinajstić information content (AvgIpc) is 2.34. The molecule has 0 bridgehead atoms. The van der Waals surface area contributed by atoms with Crippen LogP contribution in [0.3, 0.4) is 0 Å². The van der Waals surface area contributed by atoms with Crippen molar-refractivity contribution in [2.24, 2.45) is 0 Å². The molecular weight excluding hydrogens is 234 g/mol. The number of carboxylic acid groups (broad SMARTS) is 1. The summed E-state index contributed by atoms with van der Waals surface area (Å²) in [6, 6.07) is 6.14. The van der Waals surface area contributed by atoms with Gasteiger partial charge in [0.05, 0.1) is 19.1 Å². The molecule has 1 aromatic carbocycles. The molecule has 1 unspecified atom stereocenters. The van der Waals surface area contributed by atoms with E-state index in [9.17, 15) is 9.59 Å². The number of Topliss-reactive ketones (excluding diaryl/α,β-unsaturated/α-hetero) is 1. The Kier molecular flexibility index (Phi) is 5.48. The van der Waals surface area contributed by atoms with E-state index in [0.717, 1.165) is 5.56 Å². The Balaban J connectivity index is 2.80. The number of aliphatic hydroxyl groups is 1. The molecular formula is C13H17NO4. The number of aryl methyl sites for hydroxylation is 1. The highest BCUT2D eigenvalue weighted by atomic mass is 16.4. The lowest BCUT2D eigenvalue weighted by Crippen LogP contribution is -2.40. The number of aliphatic carboxylic acids is 1. The standard InChI is InChI=1S/C13H17NO4/c1-9-2-4-10(5-3-9)13(18)11(8-12(16)17)14-6-7-15/h2-5,11,14-15H,6-8H2,1H3,(H,16,17). The highest BCUT2D eigenvalue weighted by Gasteiger charge is 2.22. The number of hydrogen-bond acceptors (Lipinski definition) is 4. The lowest BCUT2D eigenvalue weighted by Gasteiger charge is -2.15. The number of benzene rings is 1. The summed E-state index contributed by atoms with van der Waals surface area (Å²) in [6.07, 6.45) is -0.299. The minimum absolute atomic E-state index is 0.142. The molecule has 5 heteroatoms. The zero-order valence-corrected chi connectivity index (χ0v) is 10.2. The maximum Gasteiger partial charge on any atom is 0.305 e. The van der Waals surface area contributed by atoms with Crippen LogP contribution in [0, 0.1) is 6.92 Å². The molecule has 1 aromatic rings. The van der Waals surface area contributed by atoms with E-state index in [0.29, 0.717) is 5.56 Å². The fraction of sp³-hybridized carbons (Fsp3) is 0.385. The van der Waals surface area contributed by atoms with E-state index in [2.05, 4.69) is 5.32 Å². The summed E-state index contributed by atoms with van der Waals surface area (Å²) >= 11 is 0. The average molecular weight is 251 g/mol. The fourth-order valence-electron chi connectivity index (χ4n) is 1.59. The molecule has 1 rings (SSSR count). The van der Waals surface area contributed by atoms with Crippen LogP contribution in [0.1, 0.15) is 22.3 Å². The molecule has 0 aromatic heterocycles. The zero-order valence-electron chi connectivity index (χ0n) is 10.2. The zero-order chi connectivity index (χ0) is 13.5. The van der Waals surface area contributed by atoms with Gasteiger partial charge < -0.3 is 15.5 Å². The number of carbonyl (C=O) groups is 2. The van der Waals surface area contributed by atoms with Crippen molar-refractivity contribution < 1.29 is 19.8 Å². The SMILES string of the molecule is Cc1ccc(C(=O)C(CC(=O)O)NCCO)cc1. The Hall–Kier alpha value is -1.72. The molecule has 0 radical (unpaired) electrons. The number of carbonyl (C=O) groups excluding carboxylic acids is 1. The first kappa shape index (κ1) is 14.3. The monoisotopic (exact) mass is 251 g/mol. The van der Waals surface area contributed by atoms with Crippen LogP contribution in [0.15, 0.2) is 24.3 Å². The Morgan fingerprint density at radius 1 is 1.28 bits per heavy atom. The molecule has 0 aliphatic carbocycles. The summed E-state index contributed by atoms with van der Waals surface area (Å²) in [7, 11) is 0. The van der Waals surface area contributed by atoms with Crippen molar-refractivity contribution in [3.8, 4) is 0 Å². The number of nitrogens with one attached hydrogen (secondary N) is 1. The van der Waals surface area contributed by atoms with Gasteiger partial charge in [0.2, 0.25) is 0 Å². The Morgan fingerprint density at radius 3 is 2.39 bits per heavy atom. The number of hydrogen-bond donors (Lipinski definition) is 3. The Morgan fingerprint density at radius 2 is 1.89 bits per heavy atom. The minimum Gasteiger partial charge on any atom is -0.481 e. The molecule has 0 saturated carbocycles. The van der Waals surface area contributed by atoms with Crippen molar-refractivity contribution in [3.05, 3.63) is 35.4 Å². The smallest absolute Gasteiger partial charge is 0.305 e. The summed E-state index contributed by atoms with van der Waals surface area (Å²) in [5, 5.41) is 20.2. The van der Waals surface area contributed by atoms with E-state index in [1.54, 1.807) is 24.3 Å². The second kappa shape index (κ2) is 6.88. The van der Waals surface area contributed by atoms with Gasteiger partial charge in [-0.15, -0.1) is 0 Å². The molecule has 0 amide bonds. The van der Waals surface area contributed by atoms with Crippen LogP contribution in [0.2, 0.25) is 0 Å². The third-order valence-corrected chi connectivity index (χ3v) is 2.53. The van der Waals surface area contributed by atoms with E-state index in [1.165, 1.54) is 0 Å². The molecule has 0 heterocycles. The van der Waals surface area contributed by atoms with Crippen LogP contribution in [0.5, 0.6) is 0 Å². The molecule has 18 heavy (non-hydrogen) atoms. The first-order chi connectivity index (χ1) is 8.54. The Bertz CT molecular complexity index is 414. The van der Waals surface area contributed by atoms with Crippen LogP contribution in [0.4, 0.5) is 0 Å². The maximum absolute atomic E-state index is 12.1. The third-order valence-electron chi connectivity index (χ3n) is 2.53. The topological polar surface area (TPSA) is 86.6 Å². The number of rotatable bonds is 7. The molecule has 0 saturated heterocycles. The number of ketones is 1. The summed E-state index contributed by atoms with van der Waals surface area (Å²) in [5.74, 6) is -1.32. The van der Waals surface area contributed by atoms with Crippen molar-refractivity contribution in [2.75, 3.05) is 13.2 Å². The molecule has 1 atom stereocenters. The van der Waals surface area contributed by atoms with Gasteiger partial charge in [0.25, 0.3) is 0 Å². The van der Waals surface area contributed by atoms with E-state index in [4.69, 9.17) is 10.2 Å². The van der Waals surface area contributed by atoms with Crippen molar-refractivity contribution in [1.82, 2.24) is 5.32 Å². The summed E-state index contributed by atoms with van der Waals surface area (Å²) in [4.78, 5) is 22.8. The molecule has 5 nitrogen and oxygen atoms in total. The maximum atomic E-state index is 12.1.